The van der Waals surface area contributed by atoms with Gasteiger partial charge in [0.2, 0.25) is 11.8 Å². The number of nitrogens with zero attached hydrogens (tertiary/aromatic N) is 2. The first-order valence-electron chi connectivity index (χ1n) is 9.57. The number of benzene rings is 2. The topological polar surface area (TPSA) is 71.5 Å². The molecule has 148 valence electrons. The third kappa shape index (κ3) is 3.66. The standard InChI is InChI=1S/C23H23N3O3/c1-14-6-7-18(9-15(14)2)26-13-17(11-21(26)27)23(28)25-20-12-19(29-3)10-16-5-4-8-24-22(16)20/h4-10,12,17H,11,13H2,1-3H3,(H,25,28). The average molecular weight is 389 g/mol. The molecule has 0 radical (unpaired) electrons. The number of nitrogens with one attached hydrogen (secondary N) is 1. The summed E-state index contributed by atoms with van der Waals surface area (Å²) in [4.78, 5) is 31.6. The van der Waals surface area contributed by atoms with Crippen LogP contribution in [0.25, 0.3) is 10.9 Å². The average Bonchev–Trinajstić information content (AvgIpc) is 3.11. The summed E-state index contributed by atoms with van der Waals surface area (Å²) in [6, 6.07) is 13.3. The van der Waals surface area contributed by atoms with Gasteiger partial charge in [-0.2, -0.15) is 0 Å². The van der Waals surface area contributed by atoms with Crippen molar-refractivity contribution in [3.63, 3.8) is 0 Å². The van der Waals surface area contributed by atoms with Crippen LogP contribution in [0, 0.1) is 19.8 Å². The lowest BCUT2D eigenvalue weighted by Crippen LogP contribution is -2.28. The highest BCUT2D eigenvalue weighted by Crippen LogP contribution is 2.30. The smallest absolute Gasteiger partial charge is 0.229 e. The zero-order valence-corrected chi connectivity index (χ0v) is 16.7. The Labute approximate surface area is 169 Å². The molecule has 1 atom stereocenters. The number of hydrogen-bond donors (Lipinski definition) is 1. The van der Waals surface area contributed by atoms with E-state index in [0.717, 1.165) is 16.6 Å². The maximum atomic E-state index is 12.9. The molecule has 1 aromatic heterocycles. The number of fused-ring (bicyclic) bond motifs is 1. The fourth-order valence-electron chi connectivity index (χ4n) is 3.64. The number of hydrogen-bond acceptors (Lipinski definition) is 4. The molecule has 2 heterocycles. The third-order valence-electron chi connectivity index (χ3n) is 5.47. The lowest BCUT2D eigenvalue weighted by molar-refractivity contribution is -0.122. The quantitative estimate of drug-likeness (QED) is 0.736. The van der Waals surface area contributed by atoms with Crippen LogP contribution < -0.4 is 15.0 Å². The molecule has 1 aliphatic rings. The molecule has 1 fully saturated rings. The van der Waals surface area contributed by atoms with E-state index in [9.17, 15) is 9.59 Å². The van der Waals surface area contributed by atoms with E-state index in [2.05, 4.69) is 10.3 Å². The third-order valence-corrected chi connectivity index (χ3v) is 5.47. The van der Waals surface area contributed by atoms with E-state index in [1.54, 1.807) is 24.3 Å². The Morgan fingerprint density at radius 1 is 1.17 bits per heavy atom. The van der Waals surface area contributed by atoms with Crippen LogP contribution in [-0.4, -0.2) is 30.5 Å². The highest BCUT2D eigenvalue weighted by Gasteiger charge is 2.35. The second-order valence-electron chi connectivity index (χ2n) is 7.41. The van der Waals surface area contributed by atoms with Gasteiger partial charge in [0.1, 0.15) is 5.75 Å². The van der Waals surface area contributed by atoms with Gasteiger partial charge in [0, 0.05) is 36.3 Å². The van der Waals surface area contributed by atoms with Gasteiger partial charge in [-0.05, 0) is 49.2 Å². The van der Waals surface area contributed by atoms with E-state index in [1.807, 2.05) is 50.2 Å². The van der Waals surface area contributed by atoms with Crippen LogP contribution in [0.15, 0.2) is 48.7 Å². The fourth-order valence-corrected chi connectivity index (χ4v) is 3.64. The highest BCUT2D eigenvalue weighted by molar-refractivity contribution is 6.06. The van der Waals surface area contributed by atoms with Crippen molar-refractivity contribution in [3.8, 4) is 5.75 Å². The lowest BCUT2D eigenvalue weighted by atomic mass is 10.1. The van der Waals surface area contributed by atoms with Crippen molar-refractivity contribution in [2.75, 3.05) is 23.9 Å². The van der Waals surface area contributed by atoms with Gasteiger partial charge in [0.25, 0.3) is 0 Å². The predicted molar refractivity (Wildman–Crippen MR) is 113 cm³/mol. The Balaban J connectivity index is 1.56. The Kier molecular flexibility index (Phi) is 4.92. The Morgan fingerprint density at radius 3 is 2.76 bits per heavy atom. The number of amides is 2. The molecule has 6 nitrogen and oxygen atoms in total. The molecular weight excluding hydrogens is 366 g/mol. The molecule has 1 N–H and O–H groups in total. The molecule has 6 heteroatoms. The van der Waals surface area contributed by atoms with Crippen LogP contribution in [0.4, 0.5) is 11.4 Å². The summed E-state index contributed by atoms with van der Waals surface area (Å²) in [5, 5.41) is 3.83. The molecule has 4 rings (SSSR count). The number of aromatic nitrogens is 1. The van der Waals surface area contributed by atoms with Crippen molar-refractivity contribution in [1.29, 1.82) is 0 Å². The summed E-state index contributed by atoms with van der Waals surface area (Å²) < 4.78 is 5.34. The molecule has 1 aliphatic heterocycles. The molecule has 3 aromatic rings. The number of carbonyl (C=O) groups is 2. The number of aryl methyl sites for hydroxylation is 2. The van der Waals surface area contributed by atoms with Crippen molar-refractivity contribution >= 4 is 34.1 Å². The first kappa shape index (κ1) is 18.9. The Morgan fingerprint density at radius 2 is 2.00 bits per heavy atom. The first-order chi connectivity index (χ1) is 14.0. The fraction of sp³-hybridized carbons (Fsp3) is 0.261. The monoisotopic (exact) mass is 389 g/mol. The van der Waals surface area contributed by atoms with Gasteiger partial charge >= 0.3 is 0 Å². The second kappa shape index (κ2) is 7.54. The van der Waals surface area contributed by atoms with Gasteiger partial charge < -0.3 is 15.0 Å². The minimum atomic E-state index is -0.422. The highest BCUT2D eigenvalue weighted by atomic mass is 16.5. The van der Waals surface area contributed by atoms with Gasteiger partial charge in [0.15, 0.2) is 0 Å². The Bertz CT molecular complexity index is 1110. The van der Waals surface area contributed by atoms with E-state index >= 15 is 0 Å². The van der Waals surface area contributed by atoms with E-state index in [0.29, 0.717) is 23.5 Å². The van der Waals surface area contributed by atoms with Crippen LogP contribution in [0.2, 0.25) is 0 Å². The second-order valence-corrected chi connectivity index (χ2v) is 7.41. The summed E-state index contributed by atoms with van der Waals surface area (Å²) in [6.07, 6.45) is 1.87. The van der Waals surface area contributed by atoms with Crippen molar-refractivity contribution in [2.45, 2.75) is 20.3 Å². The molecule has 0 aliphatic carbocycles. The molecule has 0 spiro atoms. The van der Waals surface area contributed by atoms with Crippen LogP contribution in [0.3, 0.4) is 0 Å². The van der Waals surface area contributed by atoms with Crippen molar-refractivity contribution in [3.05, 3.63) is 59.8 Å². The van der Waals surface area contributed by atoms with Crippen LogP contribution in [-0.2, 0) is 9.59 Å². The molecule has 2 amide bonds. The maximum Gasteiger partial charge on any atom is 0.229 e. The molecule has 1 saturated heterocycles. The van der Waals surface area contributed by atoms with E-state index in [1.165, 1.54) is 5.56 Å². The summed E-state index contributed by atoms with van der Waals surface area (Å²) in [5.74, 6) is -0.0129. The maximum absolute atomic E-state index is 12.9. The predicted octanol–water partition coefficient (Wildman–Crippen LogP) is 3.85. The molecule has 1 unspecified atom stereocenters. The van der Waals surface area contributed by atoms with Gasteiger partial charge in [-0.25, -0.2) is 0 Å². The van der Waals surface area contributed by atoms with Crippen molar-refractivity contribution < 1.29 is 14.3 Å². The summed E-state index contributed by atoms with van der Waals surface area (Å²) in [7, 11) is 1.58. The zero-order valence-electron chi connectivity index (χ0n) is 16.7. The largest absolute Gasteiger partial charge is 0.497 e. The van der Waals surface area contributed by atoms with Crippen LogP contribution >= 0.6 is 0 Å². The molecule has 29 heavy (non-hydrogen) atoms. The SMILES string of the molecule is COc1cc(NC(=O)C2CC(=O)N(c3ccc(C)c(C)c3)C2)c2ncccc2c1. The zero-order chi connectivity index (χ0) is 20.5. The summed E-state index contributed by atoms with van der Waals surface area (Å²) in [6.45, 7) is 4.42. The van der Waals surface area contributed by atoms with Crippen molar-refractivity contribution in [1.82, 2.24) is 4.98 Å². The minimum absolute atomic E-state index is 0.0398. The number of carbonyl (C=O) groups excluding carboxylic acids is 2. The van der Waals surface area contributed by atoms with E-state index in [4.69, 9.17) is 4.74 Å². The van der Waals surface area contributed by atoms with Crippen molar-refractivity contribution in [2.24, 2.45) is 5.92 Å². The number of methoxy groups -OCH3 is 1. The number of rotatable bonds is 4. The lowest BCUT2D eigenvalue weighted by Gasteiger charge is -2.18. The number of pyridine rings is 1. The summed E-state index contributed by atoms with van der Waals surface area (Å²) in [5.41, 5.74) is 4.41. The Hall–Kier alpha value is -3.41. The van der Waals surface area contributed by atoms with E-state index in [-0.39, 0.29) is 18.2 Å². The van der Waals surface area contributed by atoms with Crippen LogP contribution in [0.5, 0.6) is 5.75 Å². The van der Waals surface area contributed by atoms with Gasteiger partial charge in [0.05, 0.1) is 24.2 Å². The minimum Gasteiger partial charge on any atom is -0.497 e. The van der Waals surface area contributed by atoms with Gasteiger partial charge in [-0.3, -0.25) is 14.6 Å². The van der Waals surface area contributed by atoms with E-state index < -0.39 is 5.92 Å². The first-order valence-corrected chi connectivity index (χ1v) is 9.57. The molecular formula is C23H23N3O3. The molecule has 0 bridgehead atoms. The summed E-state index contributed by atoms with van der Waals surface area (Å²) >= 11 is 0. The van der Waals surface area contributed by atoms with Crippen LogP contribution in [0.1, 0.15) is 17.5 Å². The number of anilines is 2. The molecule has 2 aromatic carbocycles. The number of ether oxygens (including phenoxy) is 1. The molecule has 0 saturated carbocycles. The van der Waals surface area contributed by atoms with Gasteiger partial charge in [-0.15, -0.1) is 0 Å². The van der Waals surface area contributed by atoms with Gasteiger partial charge in [-0.1, -0.05) is 12.1 Å². The normalized spacial score (nSPS) is 16.3.